The molecule has 4 aliphatic carbocycles. The minimum atomic E-state index is -1.06. The lowest BCUT2D eigenvalue weighted by Gasteiger charge is -2.69. The van der Waals surface area contributed by atoms with E-state index in [2.05, 4.69) is 48.7 Å². The fourth-order valence-electron chi connectivity index (χ4n) is 12.8. The second-order valence-electron chi connectivity index (χ2n) is 19.1. The number of aromatic carboxylic acids is 1. The number of aromatic nitrogens is 6. The molecule has 4 saturated carbocycles. The van der Waals surface area contributed by atoms with E-state index < -0.39 is 5.97 Å². The summed E-state index contributed by atoms with van der Waals surface area (Å²) in [4.78, 5) is 27.2. The van der Waals surface area contributed by atoms with Gasteiger partial charge in [0, 0.05) is 74.6 Å². The number of fused-ring (bicyclic) bond motifs is 2. The van der Waals surface area contributed by atoms with Crippen molar-refractivity contribution in [3.05, 3.63) is 75.8 Å². The Morgan fingerprint density at radius 1 is 0.931 bits per heavy atom. The summed E-state index contributed by atoms with van der Waals surface area (Å²) in [6, 6.07) is 12.0. The number of piperazine rings is 1. The van der Waals surface area contributed by atoms with E-state index in [-0.39, 0.29) is 27.5 Å². The van der Waals surface area contributed by atoms with Gasteiger partial charge in [0.15, 0.2) is 11.5 Å². The summed E-state index contributed by atoms with van der Waals surface area (Å²) in [6.45, 7) is 16.8. The number of para-hydroxylation sites is 1. The van der Waals surface area contributed by atoms with Gasteiger partial charge in [-0.1, -0.05) is 26.0 Å². The van der Waals surface area contributed by atoms with Gasteiger partial charge in [0.05, 0.1) is 39.3 Å². The maximum Gasteiger partial charge on any atom is 0.355 e. The molecule has 1 aromatic carbocycles. The van der Waals surface area contributed by atoms with Crippen LogP contribution < -0.4 is 10.2 Å². The molecule has 1 saturated heterocycles. The number of hydrogen-bond acceptors (Lipinski definition) is 11. The van der Waals surface area contributed by atoms with Gasteiger partial charge in [-0.25, -0.2) is 14.8 Å². The van der Waals surface area contributed by atoms with E-state index in [1.807, 2.05) is 41.4 Å². The number of carbonyl (C=O) groups is 1. The molecule has 2 aliphatic heterocycles. The normalized spacial score (nSPS) is 28.0. The number of carboxylic acids is 1. The Hall–Kier alpha value is -4.30. The molecule has 5 aromatic rings. The van der Waals surface area contributed by atoms with Gasteiger partial charge in [0.1, 0.15) is 5.82 Å². The highest BCUT2D eigenvalue weighted by Crippen LogP contribution is 2.72. The topological polar surface area (TPSA) is 134 Å². The molecule has 2 N–H and O–H groups in total. The van der Waals surface area contributed by atoms with Crippen LogP contribution in [0, 0.1) is 30.1 Å². The van der Waals surface area contributed by atoms with Gasteiger partial charge < -0.3 is 20.1 Å². The Morgan fingerprint density at radius 3 is 2.50 bits per heavy atom. The third-order valence-electron chi connectivity index (χ3n) is 14.1. The SMILES string of the molecule is Cc1c(Cc2nc3ccccc3s2)nnc2c1CCCN2c1ccc(-c2cnn(CC34CC5(C)CC(C)(C3)CC(OCCN3CCNCC3)(C5)C4)c2C)c(C(=O)O)n1. The molecular weight excluding hydrogens is 747 g/mol. The van der Waals surface area contributed by atoms with Crippen molar-refractivity contribution < 1.29 is 14.6 Å². The molecule has 2 unspecified atom stereocenters. The molecule has 12 nitrogen and oxygen atoms in total. The minimum absolute atomic E-state index is 0.0241. The van der Waals surface area contributed by atoms with Crippen molar-refractivity contribution in [2.45, 2.75) is 97.6 Å². The van der Waals surface area contributed by atoms with Gasteiger partial charge in [0.2, 0.25) is 0 Å². The van der Waals surface area contributed by atoms with Crippen LogP contribution in [0.15, 0.2) is 42.6 Å². The predicted molar refractivity (Wildman–Crippen MR) is 226 cm³/mol. The van der Waals surface area contributed by atoms with E-state index in [1.165, 1.54) is 24.0 Å². The highest BCUT2D eigenvalue weighted by atomic mass is 32.1. The Kier molecular flexibility index (Phi) is 9.27. The quantitative estimate of drug-likeness (QED) is 0.139. The van der Waals surface area contributed by atoms with E-state index in [9.17, 15) is 9.90 Å². The van der Waals surface area contributed by atoms with Crippen LogP contribution in [0.2, 0.25) is 0 Å². The van der Waals surface area contributed by atoms with Crippen molar-refractivity contribution in [2.75, 3.05) is 50.8 Å². The number of rotatable bonds is 11. The predicted octanol–water partition coefficient (Wildman–Crippen LogP) is 7.38. The lowest BCUT2D eigenvalue weighted by Crippen LogP contribution is -2.64. The molecule has 6 aliphatic rings. The Labute approximate surface area is 344 Å². The lowest BCUT2D eigenvalue weighted by atomic mass is 9.39. The van der Waals surface area contributed by atoms with Crippen molar-refractivity contribution >= 4 is 39.2 Å². The number of anilines is 2. The van der Waals surface area contributed by atoms with E-state index >= 15 is 0 Å². The number of nitrogens with zero attached hydrogens (tertiary/aromatic N) is 8. The zero-order valence-electron chi connectivity index (χ0n) is 34.3. The fourth-order valence-corrected chi connectivity index (χ4v) is 13.8. The van der Waals surface area contributed by atoms with Crippen LogP contribution in [-0.4, -0.2) is 97.4 Å². The highest BCUT2D eigenvalue weighted by molar-refractivity contribution is 7.18. The van der Waals surface area contributed by atoms with Gasteiger partial charge in [-0.2, -0.15) is 10.2 Å². The summed E-state index contributed by atoms with van der Waals surface area (Å²) >= 11 is 1.69. The van der Waals surface area contributed by atoms with Crippen molar-refractivity contribution in [1.82, 2.24) is 40.2 Å². The third kappa shape index (κ3) is 6.81. The first-order chi connectivity index (χ1) is 27.9. The van der Waals surface area contributed by atoms with Crippen LogP contribution in [0.4, 0.5) is 11.6 Å². The number of nitrogens with one attached hydrogen (secondary N) is 1. The largest absolute Gasteiger partial charge is 0.476 e. The molecule has 13 heteroatoms. The van der Waals surface area contributed by atoms with Gasteiger partial charge in [-0.15, -0.1) is 16.4 Å². The molecule has 0 radical (unpaired) electrons. The second-order valence-corrected chi connectivity index (χ2v) is 20.2. The molecule has 6 heterocycles. The minimum Gasteiger partial charge on any atom is -0.476 e. The monoisotopic (exact) mass is 801 g/mol. The number of ether oxygens (including phenoxy) is 1. The van der Waals surface area contributed by atoms with E-state index in [1.54, 1.807) is 11.3 Å². The number of benzene rings is 1. The molecule has 2 atom stereocenters. The Morgan fingerprint density at radius 2 is 1.72 bits per heavy atom. The first kappa shape index (κ1) is 37.9. The average Bonchev–Trinajstić information content (AvgIpc) is 3.76. The number of carboxylic acid groups (broad SMARTS) is 1. The van der Waals surface area contributed by atoms with Crippen LogP contribution in [-0.2, 0) is 24.1 Å². The molecule has 0 spiro atoms. The fraction of sp³-hybridized carbons (Fsp3) is 0.556. The van der Waals surface area contributed by atoms with E-state index in [0.717, 1.165) is 122 Å². The number of hydrogen-bond donors (Lipinski definition) is 2. The molecule has 4 bridgehead atoms. The summed E-state index contributed by atoms with van der Waals surface area (Å²) in [7, 11) is 0. The standard InChI is InChI=1S/C45H55N9O3S/c1-29-31-8-7-15-53(40(31)51-50-35(29)20-38-48-34-9-5-6-10-36(34)58-38)37-12-11-32(39(49-37)41(55)56)33-21-47-54(30(33)2)28-44-23-42(3)22-43(4,24-44)26-45(25-42,27-44)57-19-18-52-16-13-46-14-17-52/h5-6,9-12,21,46H,7-8,13-20,22-28H2,1-4H3,(H,55,56). The van der Waals surface area contributed by atoms with Crippen molar-refractivity contribution in [3.63, 3.8) is 0 Å². The second kappa shape index (κ2) is 14.2. The zero-order valence-corrected chi connectivity index (χ0v) is 35.1. The maximum atomic E-state index is 13.0. The third-order valence-corrected chi connectivity index (χ3v) is 15.1. The first-order valence-corrected chi connectivity index (χ1v) is 22.0. The summed E-state index contributed by atoms with van der Waals surface area (Å²) in [5, 5.41) is 29.5. The Bertz CT molecular complexity index is 2350. The summed E-state index contributed by atoms with van der Waals surface area (Å²) < 4.78 is 10.3. The van der Waals surface area contributed by atoms with Crippen LogP contribution in [0.3, 0.4) is 0 Å². The molecule has 304 valence electrons. The molecule has 4 aromatic heterocycles. The van der Waals surface area contributed by atoms with Crippen molar-refractivity contribution in [3.8, 4) is 11.1 Å². The summed E-state index contributed by atoms with van der Waals surface area (Å²) in [5.74, 6) is 0.259. The molecule has 0 amide bonds. The molecule has 58 heavy (non-hydrogen) atoms. The number of pyridine rings is 1. The van der Waals surface area contributed by atoms with Gasteiger partial charge in [-0.3, -0.25) is 9.58 Å². The van der Waals surface area contributed by atoms with Crippen LogP contribution >= 0.6 is 11.3 Å². The van der Waals surface area contributed by atoms with Crippen LogP contribution in [0.5, 0.6) is 0 Å². The lowest BCUT2D eigenvalue weighted by molar-refractivity contribution is -0.249. The summed E-state index contributed by atoms with van der Waals surface area (Å²) in [5.41, 5.74) is 7.04. The zero-order chi connectivity index (χ0) is 39.9. The van der Waals surface area contributed by atoms with Gasteiger partial charge in [-0.05, 0) is 111 Å². The highest BCUT2D eigenvalue weighted by Gasteiger charge is 2.66. The Balaban J connectivity index is 0.898. The van der Waals surface area contributed by atoms with Gasteiger partial charge >= 0.3 is 5.97 Å². The summed E-state index contributed by atoms with van der Waals surface area (Å²) in [6.07, 6.45) is 11.2. The van der Waals surface area contributed by atoms with Crippen LogP contribution in [0.25, 0.3) is 21.3 Å². The molecular formula is C45H55N9O3S. The van der Waals surface area contributed by atoms with Gasteiger partial charge in [0.25, 0.3) is 0 Å². The van der Waals surface area contributed by atoms with Crippen LogP contribution in [0.1, 0.15) is 96.8 Å². The van der Waals surface area contributed by atoms with E-state index in [0.29, 0.717) is 24.3 Å². The number of thiazole rings is 1. The van der Waals surface area contributed by atoms with E-state index in [4.69, 9.17) is 30.0 Å². The molecule has 11 rings (SSSR count). The smallest absolute Gasteiger partial charge is 0.355 e. The molecule has 5 fully saturated rings. The van der Waals surface area contributed by atoms with Crippen molar-refractivity contribution in [2.24, 2.45) is 16.2 Å². The first-order valence-electron chi connectivity index (χ1n) is 21.2. The average molecular weight is 802 g/mol. The van der Waals surface area contributed by atoms with Crippen molar-refractivity contribution in [1.29, 1.82) is 0 Å². The maximum absolute atomic E-state index is 13.0.